The smallest absolute Gasteiger partial charge is 0.341 e. The molecule has 0 unspecified atom stereocenters. The number of carbonyl (C=O) groups is 2. The SMILES string of the molecule is CC1(C)c2cc(OCC(=O)O)ccc2C(=O)c2c1[nH]c1cc(Br)ccc21. The monoisotopic (exact) mass is 413 g/mol. The first-order valence-electron chi connectivity index (χ1n) is 8.14. The van der Waals surface area contributed by atoms with E-state index in [0.717, 1.165) is 26.6 Å². The molecule has 1 aromatic heterocycles. The van der Waals surface area contributed by atoms with Crippen molar-refractivity contribution >= 4 is 38.6 Å². The zero-order valence-corrected chi connectivity index (χ0v) is 15.8. The highest BCUT2D eigenvalue weighted by Crippen LogP contribution is 2.44. The van der Waals surface area contributed by atoms with Gasteiger partial charge in [0.1, 0.15) is 5.75 Å². The lowest BCUT2D eigenvalue weighted by atomic mass is 9.71. The minimum absolute atomic E-state index is 0.0346. The number of carboxylic acids is 1. The number of H-pyrrole nitrogens is 1. The van der Waals surface area contributed by atoms with E-state index in [1.165, 1.54) is 0 Å². The van der Waals surface area contributed by atoms with Crippen LogP contribution in [0.2, 0.25) is 0 Å². The second-order valence-electron chi connectivity index (χ2n) is 6.91. The molecule has 2 aromatic carbocycles. The van der Waals surface area contributed by atoms with Gasteiger partial charge in [-0.2, -0.15) is 0 Å². The average Bonchev–Trinajstić information content (AvgIpc) is 2.97. The first-order chi connectivity index (χ1) is 12.3. The van der Waals surface area contributed by atoms with Gasteiger partial charge in [0, 0.05) is 32.0 Å². The van der Waals surface area contributed by atoms with E-state index >= 15 is 0 Å². The van der Waals surface area contributed by atoms with Crippen molar-refractivity contribution in [3.8, 4) is 5.75 Å². The molecule has 1 aliphatic carbocycles. The molecule has 0 atom stereocenters. The summed E-state index contributed by atoms with van der Waals surface area (Å²) in [6.45, 7) is 3.67. The first-order valence-corrected chi connectivity index (χ1v) is 8.94. The molecule has 3 aromatic rings. The van der Waals surface area contributed by atoms with E-state index in [-0.39, 0.29) is 5.78 Å². The molecular weight excluding hydrogens is 398 g/mol. The van der Waals surface area contributed by atoms with E-state index in [1.54, 1.807) is 18.2 Å². The van der Waals surface area contributed by atoms with Gasteiger partial charge in [0.05, 0.1) is 5.56 Å². The Morgan fingerprint density at radius 3 is 2.73 bits per heavy atom. The van der Waals surface area contributed by atoms with Crippen molar-refractivity contribution in [3.63, 3.8) is 0 Å². The van der Waals surface area contributed by atoms with Gasteiger partial charge in [-0.25, -0.2) is 4.79 Å². The molecule has 1 aliphatic rings. The van der Waals surface area contributed by atoms with E-state index in [0.29, 0.717) is 16.9 Å². The van der Waals surface area contributed by atoms with Crippen LogP contribution in [0.3, 0.4) is 0 Å². The summed E-state index contributed by atoms with van der Waals surface area (Å²) < 4.78 is 6.24. The second-order valence-corrected chi connectivity index (χ2v) is 7.82. The molecule has 0 amide bonds. The highest BCUT2D eigenvalue weighted by atomic mass is 79.9. The zero-order valence-electron chi connectivity index (χ0n) is 14.2. The van der Waals surface area contributed by atoms with Gasteiger partial charge in [0.15, 0.2) is 12.4 Å². The summed E-state index contributed by atoms with van der Waals surface area (Å²) in [5, 5.41) is 9.70. The van der Waals surface area contributed by atoms with E-state index in [9.17, 15) is 9.59 Å². The number of carboxylic acid groups (broad SMARTS) is 1. The van der Waals surface area contributed by atoms with Crippen molar-refractivity contribution in [2.45, 2.75) is 19.3 Å². The Hall–Kier alpha value is -2.60. The summed E-state index contributed by atoms with van der Waals surface area (Å²) >= 11 is 3.47. The number of ether oxygens (including phenoxy) is 1. The second kappa shape index (κ2) is 5.71. The Labute approximate surface area is 158 Å². The lowest BCUT2D eigenvalue weighted by Crippen LogP contribution is -2.30. The molecule has 0 saturated heterocycles. The zero-order chi connectivity index (χ0) is 18.6. The lowest BCUT2D eigenvalue weighted by molar-refractivity contribution is -0.139. The van der Waals surface area contributed by atoms with Gasteiger partial charge in [-0.3, -0.25) is 4.79 Å². The van der Waals surface area contributed by atoms with Crippen molar-refractivity contribution in [2.75, 3.05) is 6.61 Å². The molecule has 6 heteroatoms. The molecule has 0 bridgehead atoms. The van der Waals surface area contributed by atoms with Crippen LogP contribution in [0.4, 0.5) is 0 Å². The summed E-state index contributed by atoms with van der Waals surface area (Å²) in [7, 11) is 0. The Balaban J connectivity index is 1.90. The molecule has 0 spiro atoms. The number of aliphatic carboxylic acids is 1. The maximum atomic E-state index is 13.2. The third-order valence-corrected chi connectivity index (χ3v) is 5.38. The number of aromatic nitrogens is 1. The fourth-order valence-electron chi connectivity index (χ4n) is 3.62. The molecule has 26 heavy (non-hydrogen) atoms. The van der Waals surface area contributed by atoms with Gasteiger partial charge in [0.25, 0.3) is 0 Å². The number of nitrogens with one attached hydrogen (secondary N) is 1. The number of halogens is 1. The summed E-state index contributed by atoms with van der Waals surface area (Å²) in [6.07, 6.45) is 0. The fourth-order valence-corrected chi connectivity index (χ4v) is 3.98. The molecule has 0 aliphatic heterocycles. The number of carbonyl (C=O) groups excluding carboxylic acids is 1. The first kappa shape index (κ1) is 16.8. The number of hydrogen-bond acceptors (Lipinski definition) is 3. The maximum absolute atomic E-state index is 13.2. The van der Waals surface area contributed by atoms with E-state index in [2.05, 4.69) is 20.9 Å². The van der Waals surface area contributed by atoms with Crippen molar-refractivity contribution in [2.24, 2.45) is 0 Å². The summed E-state index contributed by atoms with van der Waals surface area (Å²) in [5.74, 6) is -0.636. The quantitative estimate of drug-likeness (QED) is 0.671. The molecule has 0 radical (unpaired) electrons. The molecule has 1 heterocycles. The average molecular weight is 414 g/mol. The minimum Gasteiger partial charge on any atom is -0.482 e. The fraction of sp³-hybridized carbons (Fsp3) is 0.200. The normalized spacial score (nSPS) is 14.8. The maximum Gasteiger partial charge on any atom is 0.341 e. The van der Waals surface area contributed by atoms with Crippen LogP contribution in [-0.2, 0) is 10.2 Å². The number of hydrogen-bond donors (Lipinski definition) is 2. The summed E-state index contributed by atoms with van der Waals surface area (Å²) in [4.78, 5) is 27.3. The van der Waals surface area contributed by atoms with E-state index in [4.69, 9.17) is 9.84 Å². The van der Waals surface area contributed by atoms with Crippen LogP contribution >= 0.6 is 15.9 Å². The third kappa shape index (κ3) is 2.44. The number of fused-ring (bicyclic) bond motifs is 4. The van der Waals surface area contributed by atoms with Crippen LogP contribution in [0.15, 0.2) is 40.9 Å². The molecule has 4 rings (SSSR count). The summed E-state index contributed by atoms with van der Waals surface area (Å²) in [6, 6.07) is 11.0. The van der Waals surface area contributed by atoms with E-state index in [1.807, 2.05) is 32.0 Å². The number of ketones is 1. The highest BCUT2D eigenvalue weighted by molar-refractivity contribution is 9.10. The molecule has 2 N–H and O–H groups in total. The van der Waals surface area contributed by atoms with E-state index < -0.39 is 18.0 Å². The predicted molar refractivity (Wildman–Crippen MR) is 101 cm³/mol. The molecule has 0 fully saturated rings. The van der Waals surface area contributed by atoms with Crippen LogP contribution in [-0.4, -0.2) is 28.4 Å². The number of rotatable bonds is 3. The Bertz CT molecular complexity index is 1080. The van der Waals surface area contributed by atoms with Crippen LogP contribution in [0.5, 0.6) is 5.75 Å². The predicted octanol–water partition coefficient (Wildman–Crippen LogP) is 4.26. The van der Waals surface area contributed by atoms with Crippen molar-refractivity contribution < 1.29 is 19.4 Å². The Kier molecular flexibility index (Phi) is 3.70. The molecular formula is C20H16BrNO4. The molecule has 0 saturated carbocycles. The van der Waals surface area contributed by atoms with Gasteiger partial charge >= 0.3 is 5.97 Å². The van der Waals surface area contributed by atoms with Gasteiger partial charge in [0.2, 0.25) is 0 Å². The van der Waals surface area contributed by atoms with Crippen LogP contribution in [0, 0.1) is 0 Å². The van der Waals surface area contributed by atoms with Crippen molar-refractivity contribution in [1.29, 1.82) is 0 Å². The van der Waals surface area contributed by atoms with Gasteiger partial charge in [-0.15, -0.1) is 0 Å². The van der Waals surface area contributed by atoms with Gasteiger partial charge < -0.3 is 14.8 Å². The lowest BCUT2D eigenvalue weighted by Gasteiger charge is -2.32. The minimum atomic E-state index is -1.04. The number of aromatic amines is 1. The Morgan fingerprint density at radius 2 is 2.00 bits per heavy atom. The molecule has 132 valence electrons. The van der Waals surface area contributed by atoms with Gasteiger partial charge in [-0.05, 0) is 35.9 Å². The highest BCUT2D eigenvalue weighted by Gasteiger charge is 2.39. The van der Waals surface area contributed by atoms with Crippen molar-refractivity contribution in [1.82, 2.24) is 4.98 Å². The Morgan fingerprint density at radius 1 is 1.23 bits per heavy atom. The summed E-state index contributed by atoms with van der Waals surface area (Å²) in [5.41, 5.74) is 3.45. The van der Waals surface area contributed by atoms with Crippen molar-refractivity contribution in [3.05, 3.63) is 63.3 Å². The standard InChI is InChI=1S/C20H16BrNO4/c1-20(2)14-8-11(26-9-16(23)24)4-6-12(14)18(25)17-13-5-3-10(21)7-15(13)22-19(17)20/h3-8,22H,9H2,1-2H3,(H,23,24). The van der Waals surface area contributed by atoms with Crippen LogP contribution < -0.4 is 4.74 Å². The molecule has 5 nitrogen and oxygen atoms in total. The van der Waals surface area contributed by atoms with Crippen LogP contribution in [0.1, 0.15) is 41.0 Å². The number of benzene rings is 2. The third-order valence-electron chi connectivity index (χ3n) is 4.88. The largest absolute Gasteiger partial charge is 0.482 e. The van der Waals surface area contributed by atoms with Crippen LogP contribution in [0.25, 0.3) is 10.9 Å². The van der Waals surface area contributed by atoms with Gasteiger partial charge in [-0.1, -0.05) is 35.8 Å². The topological polar surface area (TPSA) is 79.4 Å².